The molecule has 6 heteroatoms. The topological polar surface area (TPSA) is 64.0 Å². The number of rotatable bonds is 4. The minimum Gasteiger partial charge on any atom is -0.352 e. The highest BCUT2D eigenvalue weighted by Gasteiger charge is 2.19. The van der Waals surface area contributed by atoms with Crippen molar-refractivity contribution in [1.29, 1.82) is 0 Å². The molecule has 2 aliphatic rings. The van der Waals surface area contributed by atoms with Gasteiger partial charge in [-0.2, -0.15) is 0 Å². The molecule has 0 saturated heterocycles. The van der Waals surface area contributed by atoms with Crippen LogP contribution < -0.4 is 10.9 Å². The van der Waals surface area contributed by atoms with E-state index in [9.17, 15) is 9.59 Å². The fourth-order valence-electron chi connectivity index (χ4n) is 4.87. The van der Waals surface area contributed by atoms with Crippen molar-refractivity contribution in [1.82, 2.24) is 14.9 Å². The van der Waals surface area contributed by atoms with Crippen LogP contribution in [0.15, 0.2) is 34.7 Å². The van der Waals surface area contributed by atoms with Gasteiger partial charge >= 0.3 is 0 Å². The molecule has 1 fully saturated rings. The van der Waals surface area contributed by atoms with Gasteiger partial charge in [0.05, 0.1) is 11.7 Å². The van der Waals surface area contributed by atoms with E-state index in [1.54, 1.807) is 0 Å². The molecule has 0 aliphatic heterocycles. The van der Waals surface area contributed by atoms with Crippen molar-refractivity contribution in [3.63, 3.8) is 0 Å². The Hall–Kier alpha value is -2.47. The van der Waals surface area contributed by atoms with Crippen molar-refractivity contribution in [2.24, 2.45) is 0 Å². The summed E-state index contributed by atoms with van der Waals surface area (Å²) in [6, 6.07) is 6.81. The molecular weight excluding hydrogens is 394 g/mol. The second-order valence-corrected chi connectivity index (χ2v) is 9.46. The van der Waals surface area contributed by atoms with Gasteiger partial charge in [-0.1, -0.05) is 37.5 Å². The first-order valence-corrected chi connectivity index (χ1v) is 12.0. The molecular formula is C24H27N3O2S. The van der Waals surface area contributed by atoms with Crippen LogP contribution in [-0.2, 0) is 24.2 Å². The van der Waals surface area contributed by atoms with Crippen molar-refractivity contribution in [3.8, 4) is 11.1 Å². The highest BCUT2D eigenvalue weighted by Crippen LogP contribution is 2.33. The summed E-state index contributed by atoms with van der Waals surface area (Å²) in [6.45, 7) is 0.0255. The monoisotopic (exact) mass is 421 g/mol. The molecule has 1 amide bonds. The third-order valence-corrected chi connectivity index (χ3v) is 7.39. The molecule has 2 aromatic heterocycles. The average Bonchev–Trinajstić information content (AvgIpc) is 3.21. The zero-order valence-electron chi connectivity index (χ0n) is 17.2. The number of amides is 1. The van der Waals surface area contributed by atoms with Gasteiger partial charge in [-0.15, -0.1) is 11.3 Å². The molecule has 2 heterocycles. The molecule has 0 radical (unpaired) electrons. The second kappa shape index (κ2) is 8.34. The van der Waals surface area contributed by atoms with E-state index in [0.29, 0.717) is 5.39 Å². The summed E-state index contributed by atoms with van der Waals surface area (Å²) in [4.78, 5) is 31.0. The summed E-state index contributed by atoms with van der Waals surface area (Å²) in [6.07, 6.45) is 11.9. The van der Waals surface area contributed by atoms with E-state index in [-0.39, 0.29) is 24.1 Å². The number of carbonyl (C=O) groups is 1. The van der Waals surface area contributed by atoms with Crippen LogP contribution in [0.5, 0.6) is 0 Å². The number of hydrogen-bond donors (Lipinski definition) is 1. The van der Waals surface area contributed by atoms with Crippen LogP contribution in [0.1, 0.15) is 56.1 Å². The lowest BCUT2D eigenvalue weighted by Crippen LogP contribution is -2.39. The Labute approximate surface area is 180 Å². The standard InChI is InChI=1S/C24H27N3O2S/c28-21(26-19-8-2-1-3-9-19)13-27-15-25-23-22(24(27)29)20(14-30-23)18-11-10-16-6-4-5-7-17(16)12-18/h10-12,14-15,19H,1-9,13H2,(H,26,28). The van der Waals surface area contributed by atoms with Crippen molar-refractivity contribution in [2.45, 2.75) is 70.4 Å². The molecule has 1 saturated carbocycles. The normalized spacial score (nSPS) is 17.1. The zero-order chi connectivity index (χ0) is 20.5. The zero-order valence-corrected chi connectivity index (χ0v) is 18.0. The summed E-state index contributed by atoms with van der Waals surface area (Å²) in [5.74, 6) is -0.101. The van der Waals surface area contributed by atoms with Crippen LogP contribution in [0, 0.1) is 0 Å². The second-order valence-electron chi connectivity index (χ2n) is 8.60. The highest BCUT2D eigenvalue weighted by atomic mass is 32.1. The fraction of sp³-hybridized carbons (Fsp3) is 0.458. The molecule has 1 aromatic carbocycles. The first kappa shape index (κ1) is 19.5. The lowest BCUT2D eigenvalue weighted by molar-refractivity contribution is -0.122. The van der Waals surface area contributed by atoms with Crippen LogP contribution in [0.2, 0.25) is 0 Å². The minimum absolute atomic E-state index is 0.0255. The van der Waals surface area contributed by atoms with Crippen LogP contribution in [0.3, 0.4) is 0 Å². The van der Waals surface area contributed by atoms with Gasteiger partial charge in [-0.3, -0.25) is 14.2 Å². The number of nitrogens with one attached hydrogen (secondary N) is 1. The predicted octanol–water partition coefficient (Wildman–Crippen LogP) is 4.45. The Bertz CT molecular complexity index is 1140. The first-order valence-electron chi connectivity index (χ1n) is 11.1. The number of benzene rings is 1. The number of carbonyl (C=O) groups excluding carboxylic acids is 1. The molecule has 5 rings (SSSR count). The van der Waals surface area contributed by atoms with Crippen molar-refractivity contribution >= 4 is 27.5 Å². The molecule has 3 aromatic rings. The molecule has 0 bridgehead atoms. The van der Waals surface area contributed by atoms with E-state index in [4.69, 9.17) is 0 Å². The molecule has 5 nitrogen and oxygen atoms in total. The molecule has 0 atom stereocenters. The third kappa shape index (κ3) is 3.81. The van der Waals surface area contributed by atoms with Gasteiger partial charge in [0.15, 0.2) is 0 Å². The summed E-state index contributed by atoms with van der Waals surface area (Å²) in [5.41, 5.74) is 4.70. The average molecular weight is 422 g/mol. The SMILES string of the molecule is O=C(Cn1cnc2scc(-c3ccc4c(c3)CCCC4)c2c1=O)NC1CCCCC1. The molecule has 156 valence electrons. The highest BCUT2D eigenvalue weighted by molar-refractivity contribution is 7.17. The largest absolute Gasteiger partial charge is 0.352 e. The van der Waals surface area contributed by atoms with E-state index in [1.807, 2.05) is 5.38 Å². The van der Waals surface area contributed by atoms with Crippen molar-refractivity contribution in [2.75, 3.05) is 0 Å². The third-order valence-electron chi connectivity index (χ3n) is 6.50. The Morgan fingerprint density at radius 1 is 1.10 bits per heavy atom. The molecule has 1 N–H and O–H groups in total. The van der Waals surface area contributed by atoms with Crippen LogP contribution >= 0.6 is 11.3 Å². The van der Waals surface area contributed by atoms with E-state index >= 15 is 0 Å². The van der Waals surface area contributed by atoms with Gasteiger partial charge in [0, 0.05) is 17.0 Å². The maximum absolute atomic E-state index is 13.2. The van der Waals surface area contributed by atoms with E-state index in [0.717, 1.165) is 54.5 Å². The Morgan fingerprint density at radius 2 is 1.90 bits per heavy atom. The molecule has 0 spiro atoms. The number of nitrogens with zero attached hydrogens (tertiary/aromatic N) is 2. The predicted molar refractivity (Wildman–Crippen MR) is 121 cm³/mol. The maximum atomic E-state index is 13.2. The Kier molecular flexibility index (Phi) is 5.42. The van der Waals surface area contributed by atoms with E-state index in [1.165, 1.54) is 52.6 Å². The number of thiophene rings is 1. The summed E-state index contributed by atoms with van der Waals surface area (Å²) in [7, 11) is 0. The minimum atomic E-state index is -0.132. The number of hydrogen-bond acceptors (Lipinski definition) is 4. The first-order chi connectivity index (χ1) is 14.7. The van der Waals surface area contributed by atoms with Crippen molar-refractivity contribution < 1.29 is 4.79 Å². The quantitative estimate of drug-likeness (QED) is 0.677. The van der Waals surface area contributed by atoms with E-state index < -0.39 is 0 Å². The van der Waals surface area contributed by atoms with Gasteiger partial charge in [0.1, 0.15) is 11.4 Å². The molecule has 0 unspecified atom stereocenters. The smallest absolute Gasteiger partial charge is 0.263 e. The maximum Gasteiger partial charge on any atom is 0.263 e. The summed E-state index contributed by atoms with van der Waals surface area (Å²) in [5, 5.41) is 5.75. The number of aromatic nitrogens is 2. The number of aryl methyl sites for hydroxylation is 2. The van der Waals surface area contributed by atoms with Crippen LogP contribution in [0.4, 0.5) is 0 Å². The lowest BCUT2D eigenvalue weighted by Gasteiger charge is -2.22. The van der Waals surface area contributed by atoms with Crippen LogP contribution in [0.25, 0.3) is 21.3 Å². The molecule has 2 aliphatic carbocycles. The lowest BCUT2D eigenvalue weighted by atomic mass is 9.89. The van der Waals surface area contributed by atoms with Crippen LogP contribution in [-0.4, -0.2) is 21.5 Å². The van der Waals surface area contributed by atoms with E-state index in [2.05, 4.69) is 28.5 Å². The Morgan fingerprint density at radius 3 is 2.73 bits per heavy atom. The van der Waals surface area contributed by atoms with Gasteiger partial charge in [0.25, 0.3) is 5.56 Å². The van der Waals surface area contributed by atoms with Gasteiger partial charge in [-0.05, 0) is 55.2 Å². The summed E-state index contributed by atoms with van der Waals surface area (Å²) >= 11 is 1.49. The Balaban J connectivity index is 1.44. The number of fused-ring (bicyclic) bond motifs is 2. The van der Waals surface area contributed by atoms with Gasteiger partial charge in [0.2, 0.25) is 5.91 Å². The molecule has 30 heavy (non-hydrogen) atoms. The summed E-state index contributed by atoms with van der Waals surface area (Å²) < 4.78 is 1.45. The fourth-order valence-corrected chi connectivity index (χ4v) is 5.78. The van der Waals surface area contributed by atoms with Gasteiger partial charge in [-0.25, -0.2) is 4.98 Å². The van der Waals surface area contributed by atoms with Crippen molar-refractivity contribution in [3.05, 3.63) is 51.4 Å². The van der Waals surface area contributed by atoms with Gasteiger partial charge < -0.3 is 5.32 Å².